The Morgan fingerprint density at radius 1 is 0.857 bits per heavy atom. The van der Waals surface area contributed by atoms with Crippen molar-refractivity contribution in [3.8, 4) is 5.75 Å². The SMILES string of the molecule is CCCCCCOc1ccccc1C(=O)NC(=S)Nc1cccc(C(=O)NCc2ccccc2)c1. The number of ether oxygens (including phenoxy) is 1. The van der Waals surface area contributed by atoms with E-state index in [-0.39, 0.29) is 16.9 Å². The third-order valence-corrected chi connectivity index (χ3v) is 5.50. The van der Waals surface area contributed by atoms with E-state index in [2.05, 4.69) is 22.9 Å². The van der Waals surface area contributed by atoms with Crippen LogP contribution in [0.5, 0.6) is 5.75 Å². The van der Waals surface area contributed by atoms with Crippen LogP contribution in [0.1, 0.15) is 58.9 Å². The van der Waals surface area contributed by atoms with Crippen molar-refractivity contribution in [1.29, 1.82) is 0 Å². The predicted octanol–water partition coefficient (Wildman–Crippen LogP) is 5.70. The lowest BCUT2D eigenvalue weighted by Crippen LogP contribution is -2.34. The summed E-state index contributed by atoms with van der Waals surface area (Å²) in [5.41, 5.74) is 2.52. The van der Waals surface area contributed by atoms with Gasteiger partial charge in [0.2, 0.25) is 0 Å². The maximum Gasteiger partial charge on any atom is 0.261 e. The molecule has 7 heteroatoms. The summed E-state index contributed by atoms with van der Waals surface area (Å²) in [6.45, 7) is 3.16. The molecular formula is C28H31N3O3S. The van der Waals surface area contributed by atoms with Crippen LogP contribution >= 0.6 is 12.2 Å². The highest BCUT2D eigenvalue weighted by atomic mass is 32.1. The number of carbonyl (C=O) groups is 2. The number of nitrogens with one attached hydrogen (secondary N) is 3. The topological polar surface area (TPSA) is 79.5 Å². The molecule has 0 heterocycles. The molecule has 35 heavy (non-hydrogen) atoms. The molecule has 0 atom stereocenters. The van der Waals surface area contributed by atoms with Crippen molar-refractivity contribution in [3.05, 3.63) is 95.6 Å². The number of anilines is 1. The summed E-state index contributed by atoms with van der Waals surface area (Å²) >= 11 is 5.33. The van der Waals surface area contributed by atoms with Gasteiger partial charge in [0.05, 0.1) is 12.2 Å². The number of benzene rings is 3. The van der Waals surface area contributed by atoms with Gasteiger partial charge in [-0.1, -0.05) is 74.7 Å². The van der Waals surface area contributed by atoms with Gasteiger partial charge in [0.25, 0.3) is 11.8 Å². The maximum atomic E-state index is 12.8. The van der Waals surface area contributed by atoms with Gasteiger partial charge in [0.1, 0.15) is 5.75 Å². The van der Waals surface area contributed by atoms with E-state index in [1.807, 2.05) is 36.4 Å². The summed E-state index contributed by atoms with van der Waals surface area (Å²) < 4.78 is 5.83. The molecule has 0 aliphatic carbocycles. The van der Waals surface area contributed by atoms with E-state index in [1.54, 1.807) is 42.5 Å². The minimum Gasteiger partial charge on any atom is -0.493 e. The smallest absolute Gasteiger partial charge is 0.261 e. The van der Waals surface area contributed by atoms with Gasteiger partial charge in [-0.2, -0.15) is 0 Å². The standard InChI is InChI=1S/C28H31N3O3S/c1-2-3-4-10-18-34-25-17-9-8-16-24(25)27(33)31-28(35)30-23-15-11-14-22(19-23)26(32)29-20-21-12-6-5-7-13-21/h5-9,11-17,19H,2-4,10,18,20H2,1H3,(H,29,32)(H2,30,31,33,35). The molecule has 0 aliphatic heterocycles. The first-order valence-corrected chi connectivity index (χ1v) is 12.2. The normalized spacial score (nSPS) is 10.3. The fourth-order valence-electron chi connectivity index (χ4n) is 3.44. The fourth-order valence-corrected chi connectivity index (χ4v) is 3.65. The Morgan fingerprint density at radius 3 is 2.43 bits per heavy atom. The lowest BCUT2D eigenvalue weighted by Gasteiger charge is -2.13. The first-order chi connectivity index (χ1) is 17.1. The molecule has 3 aromatic carbocycles. The summed E-state index contributed by atoms with van der Waals surface area (Å²) in [6.07, 6.45) is 4.37. The zero-order chi connectivity index (χ0) is 24.9. The lowest BCUT2D eigenvalue weighted by molar-refractivity contribution is 0.0948. The van der Waals surface area contributed by atoms with Crippen molar-refractivity contribution in [2.75, 3.05) is 11.9 Å². The largest absolute Gasteiger partial charge is 0.493 e. The van der Waals surface area contributed by atoms with Gasteiger partial charge >= 0.3 is 0 Å². The van der Waals surface area contributed by atoms with E-state index in [0.717, 1.165) is 24.8 Å². The van der Waals surface area contributed by atoms with Crippen LogP contribution < -0.4 is 20.7 Å². The molecule has 3 N–H and O–H groups in total. The number of unbranched alkanes of at least 4 members (excludes halogenated alkanes) is 3. The summed E-state index contributed by atoms with van der Waals surface area (Å²) in [7, 11) is 0. The molecule has 182 valence electrons. The Balaban J connectivity index is 1.54. The molecule has 2 amide bonds. The number of rotatable bonds is 11. The molecule has 0 radical (unpaired) electrons. The van der Waals surface area contributed by atoms with Gasteiger partial charge in [0.15, 0.2) is 5.11 Å². The third kappa shape index (κ3) is 8.54. The highest BCUT2D eigenvalue weighted by molar-refractivity contribution is 7.80. The molecule has 0 saturated carbocycles. The monoisotopic (exact) mass is 489 g/mol. The number of para-hydroxylation sites is 1. The minimum absolute atomic E-state index is 0.134. The molecule has 0 saturated heterocycles. The van der Waals surface area contributed by atoms with Crippen LogP contribution in [0.4, 0.5) is 5.69 Å². The van der Waals surface area contributed by atoms with Crippen LogP contribution in [0.2, 0.25) is 0 Å². The molecule has 0 aromatic heterocycles. The average molecular weight is 490 g/mol. The highest BCUT2D eigenvalue weighted by Gasteiger charge is 2.14. The Kier molecular flexibility index (Phi) is 10.3. The van der Waals surface area contributed by atoms with Crippen LogP contribution in [-0.2, 0) is 6.54 Å². The van der Waals surface area contributed by atoms with Gasteiger partial charge in [-0.15, -0.1) is 0 Å². The second-order valence-corrected chi connectivity index (χ2v) is 8.47. The Hall–Kier alpha value is -3.71. The quantitative estimate of drug-likeness (QED) is 0.238. The van der Waals surface area contributed by atoms with Crippen LogP contribution in [0.15, 0.2) is 78.9 Å². The summed E-state index contributed by atoms with van der Waals surface area (Å²) in [6, 6.07) is 23.7. The second-order valence-electron chi connectivity index (χ2n) is 8.06. The van der Waals surface area contributed by atoms with Gasteiger partial charge < -0.3 is 15.4 Å². The van der Waals surface area contributed by atoms with Gasteiger partial charge in [-0.3, -0.25) is 14.9 Å². The lowest BCUT2D eigenvalue weighted by atomic mass is 10.1. The number of carbonyl (C=O) groups excluding carboxylic acids is 2. The number of thiocarbonyl (C=S) groups is 1. The first kappa shape index (κ1) is 25.9. The molecular weight excluding hydrogens is 458 g/mol. The van der Waals surface area contributed by atoms with Gasteiger partial charge in [0, 0.05) is 17.8 Å². The minimum atomic E-state index is -0.358. The van der Waals surface area contributed by atoms with Crippen molar-refractivity contribution in [2.45, 2.75) is 39.2 Å². The first-order valence-electron chi connectivity index (χ1n) is 11.8. The van der Waals surface area contributed by atoms with E-state index in [0.29, 0.717) is 35.7 Å². The Morgan fingerprint density at radius 2 is 1.63 bits per heavy atom. The predicted molar refractivity (Wildman–Crippen MR) is 144 cm³/mol. The molecule has 0 spiro atoms. The van der Waals surface area contributed by atoms with Gasteiger partial charge in [-0.25, -0.2) is 0 Å². The summed E-state index contributed by atoms with van der Waals surface area (Å²) in [5, 5.41) is 8.70. The Labute approximate surface area is 212 Å². The van der Waals surface area contributed by atoms with Crippen molar-refractivity contribution in [2.24, 2.45) is 0 Å². The fraction of sp³-hybridized carbons (Fsp3) is 0.250. The van der Waals surface area contributed by atoms with Crippen LogP contribution in [0, 0.1) is 0 Å². The average Bonchev–Trinajstić information content (AvgIpc) is 2.88. The second kappa shape index (κ2) is 13.9. The van der Waals surface area contributed by atoms with E-state index in [4.69, 9.17) is 17.0 Å². The van der Waals surface area contributed by atoms with Crippen molar-refractivity contribution >= 4 is 34.8 Å². The number of amides is 2. The molecule has 0 unspecified atom stereocenters. The molecule has 0 fully saturated rings. The molecule has 3 aromatic rings. The van der Waals surface area contributed by atoms with E-state index < -0.39 is 0 Å². The van der Waals surface area contributed by atoms with E-state index in [9.17, 15) is 9.59 Å². The number of hydrogen-bond donors (Lipinski definition) is 3. The third-order valence-electron chi connectivity index (χ3n) is 5.29. The molecule has 0 aliphatic rings. The summed E-state index contributed by atoms with van der Waals surface area (Å²) in [5.74, 6) is -0.0257. The van der Waals surface area contributed by atoms with E-state index in [1.165, 1.54) is 6.42 Å². The summed E-state index contributed by atoms with van der Waals surface area (Å²) in [4.78, 5) is 25.4. The van der Waals surface area contributed by atoms with Gasteiger partial charge in [-0.05, 0) is 54.5 Å². The molecule has 0 bridgehead atoms. The molecule has 6 nitrogen and oxygen atoms in total. The van der Waals surface area contributed by atoms with Crippen molar-refractivity contribution < 1.29 is 14.3 Å². The Bertz CT molecular complexity index is 1140. The highest BCUT2D eigenvalue weighted by Crippen LogP contribution is 2.19. The van der Waals surface area contributed by atoms with Crippen LogP contribution in [0.3, 0.4) is 0 Å². The maximum absolute atomic E-state index is 12.8. The zero-order valence-electron chi connectivity index (χ0n) is 19.9. The van der Waals surface area contributed by atoms with Crippen molar-refractivity contribution in [3.63, 3.8) is 0 Å². The van der Waals surface area contributed by atoms with Crippen LogP contribution in [0.25, 0.3) is 0 Å². The van der Waals surface area contributed by atoms with Crippen molar-refractivity contribution in [1.82, 2.24) is 10.6 Å². The van der Waals surface area contributed by atoms with E-state index >= 15 is 0 Å². The zero-order valence-corrected chi connectivity index (χ0v) is 20.7. The molecule has 3 rings (SSSR count). The van der Waals surface area contributed by atoms with Crippen LogP contribution in [-0.4, -0.2) is 23.5 Å². The number of hydrogen-bond acceptors (Lipinski definition) is 4.